The molecule has 9 heteroatoms. The van der Waals surface area contributed by atoms with Crippen LogP contribution in [0.15, 0.2) is 66.9 Å². The van der Waals surface area contributed by atoms with Crippen LogP contribution in [0.4, 0.5) is 11.4 Å². The Morgan fingerprint density at radius 3 is 2.42 bits per heavy atom. The molecule has 208 valence electrons. The van der Waals surface area contributed by atoms with Crippen molar-refractivity contribution in [2.75, 3.05) is 15.9 Å². The summed E-state index contributed by atoms with van der Waals surface area (Å²) in [6.45, 7) is 10.6. The molecule has 7 nitrogen and oxygen atoms in total. The molecule has 3 heterocycles. The van der Waals surface area contributed by atoms with Crippen LogP contribution in [0.1, 0.15) is 58.3 Å². The van der Waals surface area contributed by atoms with Crippen molar-refractivity contribution in [3.8, 4) is 5.69 Å². The number of nitrogens with one attached hydrogen (secondary N) is 2. The van der Waals surface area contributed by atoms with Crippen LogP contribution in [0.5, 0.6) is 0 Å². The fourth-order valence-electron chi connectivity index (χ4n) is 5.82. The third-order valence-corrected chi connectivity index (χ3v) is 8.50. The highest BCUT2D eigenvalue weighted by atomic mass is 32.2. The Bertz CT molecular complexity index is 1700. The summed E-state index contributed by atoms with van der Waals surface area (Å²) in [5, 5.41) is 4.14. The maximum Gasteiger partial charge on any atom is 0.229 e. The smallest absolute Gasteiger partial charge is 0.229 e. The first kappa shape index (κ1) is 27.9. The van der Waals surface area contributed by atoms with Crippen molar-refractivity contribution in [2.45, 2.75) is 53.1 Å². The number of hydrogen-bond acceptors (Lipinski definition) is 4. The lowest BCUT2D eigenvalue weighted by atomic mass is 9.96. The monoisotopic (exact) mass is 573 g/mol. The molecule has 4 aromatic rings. The minimum Gasteiger partial charge on any atom is -0.351 e. The van der Waals surface area contributed by atoms with Crippen LogP contribution in [0.3, 0.4) is 0 Å². The van der Waals surface area contributed by atoms with Crippen molar-refractivity contribution in [2.24, 2.45) is 0 Å². The van der Waals surface area contributed by atoms with E-state index < -0.39 is 10.0 Å². The Morgan fingerprint density at radius 1 is 1.00 bits per heavy atom. The van der Waals surface area contributed by atoms with E-state index in [0.717, 1.165) is 46.6 Å². The van der Waals surface area contributed by atoms with Gasteiger partial charge in [0.2, 0.25) is 10.0 Å². The summed E-state index contributed by atoms with van der Waals surface area (Å²) in [6.07, 6.45) is 3.90. The van der Waals surface area contributed by atoms with Crippen LogP contribution in [0.25, 0.3) is 5.69 Å². The molecule has 0 saturated carbocycles. The van der Waals surface area contributed by atoms with E-state index >= 15 is 0 Å². The van der Waals surface area contributed by atoms with E-state index in [1.165, 1.54) is 16.8 Å². The Balaban J connectivity index is 1.68. The molecule has 2 aromatic heterocycles. The molecule has 0 bridgehead atoms. The Morgan fingerprint density at radius 2 is 1.77 bits per heavy atom. The average molecular weight is 574 g/mol. The molecule has 1 fully saturated rings. The molecule has 0 unspecified atom stereocenters. The van der Waals surface area contributed by atoms with Crippen LogP contribution in [0.2, 0.25) is 0 Å². The number of hydrogen-bond donors (Lipinski definition) is 2. The first-order valence-electron chi connectivity index (χ1n) is 13.4. The number of nitrogens with zero attached hydrogens (tertiary/aromatic N) is 3. The second-order valence-corrected chi connectivity index (χ2v) is 12.6. The number of pyridine rings is 1. The molecule has 5 rings (SSSR count). The van der Waals surface area contributed by atoms with Gasteiger partial charge in [0, 0.05) is 23.3 Å². The molecule has 2 atom stereocenters. The van der Waals surface area contributed by atoms with Gasteiger partial charge in [-0.25, -0.2) is 8.42 Å². The second kappa shape index (κ2) is 10.7. The maximum absolute atomic E-state index is 11.9. The van der Waals surface area contributed by atoms with Gasteiger partial charge in [0.15, 0.2) is 5.11 Å². The summed E-state index contributed by atoms with van der Waals surface area (Å²) in [4.78, 5) is 6.83. The summed E-state index contributed by atoms with van der Waals surface area (Å²) in [5.41, 5.74) is 10.4. The zero-order chi connectivity index (χ0) is 28.8. The van der Waals surface area contributed by atoms with Gasteiger partial charge in [-0.1, -0.05) is 31.2 Å². The van der Waals surface area contributed by atoms with E-state index in [1.54, 1.807) is 12.3 Å². The minimum atomic E-state index is -3.40. The van der Waals surface area contributed by atoms with Crippen LogP contribution in [-0.2, 0) is 16.4 Å². The fourth-order valence-corrected chi connectivity index (χ4v) is 6.79. The first-order valence-corrected chi connectivity index (χ1v) is 15.7. The topological polar surface area (TPSA) is 79.3 Å². The van der Waals surface area contributed by atoms with E-state index in [0.29, 0.717) is 10.8 Å². The van der Waals surface area contributed by atoms with E-state index in [-0.39, 0.29) is 12.1 Å². The summed E-state index contributed by atoms with van der Waals surface area (Å²) >= 11 is 5.95. The van der Waals surface area contributed by atoms with Gasteiger partial charge in [-0.3, -0.25) is 9.71 Å². The van der Waals surface area contributed by atoms with Crippen molar-refractivity contribution < 1.29 is 8.42 Å². The van der Waals surface area contributed by atoms with Gasteiger partial charge in [-0.05, 0) is 105 Å². The zero-order valence-electron chi connectivity index (χ0n) is 23.7. The molecule has 0 radical (unpaired) electrons. The number of thiocarbonyl (C=S) groups is 1. The maximum atomic E-state index is 11.9. The third-order valence-electron chi connectivity index (χ3n) is 7.60. The van der Waals surface area contributed by atoms with Crippen LogP contribution < -0.4 is 14.9 Å². The van der Waals surface area contributed by atoms with Gasteiger partial charge in [-0.2, -0.15) is 0 Å². The fraction of sp³-hybridized carbons (Fsp3) is 0.290. The quantitative estimate of drug-likeness (QED) is 0.256. The van der Waals surface area contributed by atoms with Gasteiger partial charge < -0.3 is 14.8 Å². The molecule has 2 aromatic carbocycles. The number of aromatic nitrogens is 2. The number of anilines is 2. The molecule has 0 spiro atoms. The lowest BCUT2D eigenvalue weighted by Gasteiger charge is -2.29. The number of benzene rings is 2. The van der Waals surface area contributed by atoms with Crippen molar-refractivity contribution in [3.05, 3.63) is 106 Å². The van der Waals surface area contributed by atoms with Gasteiger partial charge in [0.25, 0.3) is 0 Å². The predicted octanol–water partition coefficient (Wildman–Crippen LogP) is 6.22. The first-order chi connectivity index (χ1) is 19.0. The highest BCUT2D eigenvalue weighted by Crippen LogP contribution is 2.44. The predicted molar refractivity (Wildman–Crippen MR) is 167 cm³/mol. The minimum absolute atomic E-state index is 0.176. The van der Waals surface area contributed by atoms with Crippen molar-refractivity contribution >= 4 is 38.7 Å². The zero-order valence-corrected chi connectivity index (χ0v) is 25.3. The molecule has 1 aliphatic heterocycles. The van der Waals surface area contributed by atoms with E-state index in [2.05, 4.69) is 71.5 Å². The molecule has 0 amide bonds. The molecule has 2 N–H and O–H groups in total. The lowest BCUT2D eigenvalue weighted by molar-refractivity contribution is 0.565. The van der Waals surface area contributed by atoms with E-state index in [9.17, 15) is 8.42 Å². The largest absolute Gasteiger partial charge is 0.351 e. The van der Waals surface area contributed by atoms with Crippen LogP contribution >= 0.6 is 12.2 Å². The Hall–Kier alpha value is -3.69. The number of rotatable bonds is 7. The summed E-state index contributed by atoms with van der Waals surface area (Å²) in [6, 6.07) is 20.0. The Kier molecular flexibility index (Phi) is 7.46. The van der Waals surface area contributed by atoms with E-state index in [4.69, 9.17) is 17.2 Å². The number of para-hydroxylation sites is 1. The molecule has 1 aliphatic rings. The van der Waals surface area contributed by atoms with Crippen molar-refractivity contribution in [3.63, 3.8) is 0 Å². The summed E-state index contributed by atoms with van der Waals surface area (Å²) in [7, 11) is -3.40. The Labute approximate surface area is 242 Å². The molecule has 40 heavy (non-hydrogen) atoms. The van der Waals surface area contributed by atoms with Crippen molar-refractivity contribution in [1.29, 1.82) is 0 Å². The van der Waals surface area contributed by atoms with E-state index in [1.807, 2.05) is 37.3 Å². The second-order valence-electron chi connectivity index (χ2n) is 10.5. The third kappa shape index (κ3) is 5.11. The summed E-state index contributed by atoms with van der Waals surface area (Å²) < 4.78 is 28.7. The normalized spacial score (nSPS) is 17.2. The van der Waals surface area contributed by atoms with Crippen molar-refractivity contribution in [1.82, 2.24) is 14.9 Å². The number of aryl methyl sites for hydroxylation is 4. The van der Waals surface area contributed by atoms with Gasteiger partial charge >= 0.3 is 0 Å². The van der Waals surface area contributed by atoms with Gasteiger partial charge in [-0.15, -0.1) is 0 Å². The lowest BCUT2D eigenvalue weighted by Crippen LogP contribution is -2.29. The molecular formula is C31H35N5O2S2. The SMILES string of the molecule is CCc1cccc(C)c1-n1c(C)cc([C@@H]2[C@@H](c3ccccn3)NC(=S)N2c2ccc(NS(C)(=O)=O)c(C)c2)c1C. The highest BCUT2D eigenvalue weighted by Gasteiger charge is 2.42. The highest BCUT2D eigenvalue weighted by molar-refractivity contribution is 7.92. The van der Waals surface area contributed by atoms with Crippen LogP contribution in [-0.4, -0.2) is 29.3 Å². The molecule has 1 saturated heterocycles. The number of sulfonamides is 1. The van der Waals surface area contributed by atoms with Gasteiger partial charge in [0.05, 0.1) is 35.4 Å². The van der Waals surface area contributed by atoms with Gasteiger partial charge in [0.1, 0.15) is 0 Å². The molecule has 0 aliphatic carbocycles. The van der Waals surface area contributed by atoms with Crippen LogP contribution in [0, 0.1) is 27.7 Å². The average Bonchev–Trinajstić information content (AvgIpc) is 3.40. The standard InChI is InChI=1S/C31H35N5O2S2/c1-7-23-12-10-11-19(2)29(23)35-21(4)18-25(22(35)5)30-28(27-13-8-9-16-32-27)33-31(39)36(30)24-14-15-26(20(3)17-24)34-40(6,37)38/h8-18,28,30,34H,7H2,1-6H3,(H,33,39)/t28-,30-/m1/s1. The molecular weight excluding hydrogens is 539 g/mol. The summed E-state index contributed by atoms with van der Waals surface area (Å²) in [5.74, 6) is 0.